The Morgan fingerprint density at radius 1 is 1.08 bits per heavy atom. The van der Waals surface area contributed by atoms with Crippen LogP contribution < -0.4 is 0 Å². The molecule has 2 aliphatic rings. The maximum atomic E-state index is 12.5. The molecule has 1 heterocycles. The summed E-state index contributed by atoms with van der Waals surface area (Å²) in [6.45, 7) is 5.91. The van der Waals surface area contributed by atoms with Crippen LogP contribution in [0.5, 0.6) is 0 Å². The van der Waals surface area contributed by atoms with Gasteiger partial charge in [-0.2, -0.15) is 0 Å². The van der Waals surface area contributed by atoms with E-state index in [0.717, 1.165) is 25.7 Å². The van der Waals surface area contributed by atoms with Crippen molar-refractivity contribution in [3.05, 3.63) is 0 Å². The van der Waals surface area contributed by atoms with Crippen LogP contribution in [0.3, 0.4) is 0 Å². The number of hydrogen-bond acceptors (Lipinski definition) is 6. The largest absolute Gasteiger partial charge is 0.469 e. The lowest BCUT2D eigenvalue weighted by Gasteiger charge is -2.47. The molecule has 0 aromatic carbocycles. The van der Waals surface area contributed by atoms with Gasteiger partial charge in [-0.3, -0.25) is 9.59 Å². The van der Waals surface area contributed by atoms with Crippen LogP contribution in [-0.4, -0.2) is 43.7 Å². The first-order valence-electron chi connectivity index (χ1n) is 8.85. The lowest BCUT2D eigenvalue weighted by Crippen LogP contribution is -2.57. The van der Waals surface area contributed by atoms with E-state index < -0.39 is 22.8 Å². The van der Waals surface area contributed by atoms with Gasteiger partial charge in [0.25, 0.3) is 0 Å². The Labute approximate surface area is 144 Å². The van der Waals surface area contributed by atoms with Gasteiger partial charge in [-0.1, -0.05) is 13.3 Å². The third kappa shape index (κ3) is 4.28. The molecule has 0 radical (unpaired) electrons. The van der Waals surface area contributed by atoms with Crippen LogP contribution in [0.2, 0.25) is 0 Å². The fourth-order valence-corrected chi connectivity index (χ4v) is 3.00. The van der Waals surface area contributed by atoms with E-state index in [0.29, 0.717) is 6.42 Å². The number of methoxy groups -OCH3 is 1. The minimum absolute atomic E-state index is 0.0644. The molecule has 0 bridgehead atoms. The molecule has 2 rings (SSSR count). The van der Waals surface area contributed by atoms with Crippen LogP contribution in [0.1, 0.15) is 65.7 Å². The van der Waals surface area contributed by atoms with Gasteiger partial charge in [0.2, 0.25) is 0 Å². The summed E-state index contributed by atoms with van der Waals surface area (Å²) < 4.78 is 22.5. The molecule has 1 saturated heterocycles. The maximum absolute atomic E-state index is 12.5. The molecule has 1 aliphatic carbocycles. The van der Waals surface area contributed by atoms with Gasteiger partial charge in [0.05, 0.1) is 32.2 Å². The molecule has 0 unspecified atom stereocenters. The molecular formula is C18H30O6. The van der Waals surface area contributed by atoms with E-state index in [-0.39, 0.29) is 25.6 Å². The van der Waals surface area contributed by atoms with Gasteiger partial charge in [0, 0.05) is 12.8 Å². The van der Waals surface area contributed by atoms with Gasteiger partial charge >= 0.3 is 11.9 Å². The number of rotatable bonds is 5. The van der Waals surface area contributed by atoms with Crippen LogP contribution in [0.25, 0.3) is 0 Å². The summed E-state index contributed by atoms with van der Waals surface area (Å²) >= 11 is 0. The summed E-state index contributed by atoms with van der Waals surface area (Å²) in [4.78, 5) is 24.4. The van der Waals surface area contributed by atoms with Crippen molar-refractivity contribution in [3.63, 3.8) is 0 Å². The lowest BCUT2D eigenvalue weighted by molar-refractivity contribution is -0.330. The highest BCUT2D eigenvalue weighted by molar-refractivity contribution is 5.77. The van der Waals surface area contributed by atoms with Crippen molar-refractivity contribution in [1.29, 1.82) is 0 Å². The van der Waals surface area contributed by atoms with E-state index >= 15 is 0 Å². The number of esters is 2. The monoisotopic (exact) mass is 342 g/mol. The van der Waals surface area contributed by atoms with Gasteiger partial charge in [-0.05, 0) is 33.1 Å². The standard InChI is InChI=1S/C18H30O6/c1-5-16(2,3)15(20)24-17(11-14(19)21-4)12-22-18(23-13-17)9-7-6-8-10-18/h5-13H2,1-4H3. The number of hydrogen-bond donors (Lipinski definition) is 0. The molecule has 0 amide bonds. The number of carbonyl (C=O) groups is 2. The highest BCUT2D eigenvalue weighted by atomic mass is 16.7. The molecule has 0 atom stereocenters. The zero-order valence-corrected chi connectivity index (χ0v) is 15.3. The molecule has 0 N–H and O–H groups in total. The quantitative estimate of drug-likeness (QED) is 0.715. The maximum Gasteiger partial charge on any atom is 0.312 e. The Kier molecular flexibility index (Phi) is 5.91. The summed E-state index contributed by atoms with van der Waals surface area (Å²) in [6.07, 6.45) is 5.57. The van der Waals surface area contributed by atoms with E-state index in [4.69, 9.17) is 18.9 Å². The topological polar surface area (TPSA) is 71.1 Å². The second-order valence-corrected chi connectivity index (χ2v) is 7.61. The van der Waals surface area contributed by atoms with E-state index in [1.807, 2.05) is 20.8 Å². The fourth-order valence-electron chi connectivity index (χ4n) is 3.00. The van der Waals surface area contributed by atoms with Crippen molar-refractivity contribution >= 4 is 11.9 Å². The molecular weight excluding hydrogens is 312 g/mol. The van der Waals surface area contributed by atoms with Crippen molar-refractivity contribution in [1.82, 2.24) is 0 Å². The SMILES string of the molecule is CCC(C)(C)C(=O)OC1(CC(=O)OC)COC2(CCCCC2)OC1. The average Bonchev–Trinajstić information content (AvgIpc) is 2.58. The van der Waals surface area contributed by atoms with Gasteiger partial charge in [-0.25, -0.2) is 0 Å². The first-order valence-corrected chi connectivity index (χ1v) is 8.85. The second kappa shape index (κ2) is 7.40. The van der Waals surface area contributed by atoms with Crippen molar-refractivity contribution in [2.24, 2.45) is 5.41 Å². The number of carbonyl (C=O) groups excluding carboxylic acids is 2. The normalized spacial score (nSPS) is 22.8. The third-order valence-corrected chi connectivity index (χ3v) is 5.25. The second-order valence-electron chi connectivity index (χ2n) is 7.61. The Bertz CT molecular complexity index is 454. The van der Waals surface area contributed by atoms with Crippen LogP contribution >= 0.6 is 0 Å². The van der Waals surface area contributed by atoms with Gasteiger partial charge in [0.15, 0.2) is 11.4 Å². The number of ether oxygens (including phenoxy) is 4. The molecule has 138 valence electrons. The Hall–Kier alpha value is -1.14. The predicted octanol–water partition coefficient (Wildman–Crippen LogP) is 2.97. The summed E-state index contributed by atoms with van der Waals surface area (Å²) in [5.74, 6) is -1.37. The van der Waals surface area contributed by atoms with Gasteiger partial charge in [0.1, 0.15) is 0 Å². The Morgan fingerprint density at radius 3 is 2.17 bits per heavy atom. The molecule has 1 spiro atoms. The highest BCUT2D eigenvalue weighted by Gasteiger charge is 2.50. The minimum Gasteiger partial charge on any atom is -0.469 e. The van der Waals surface area contributed by atoms with E-state index in [1.54, 1.807) is 0 Å². The van der Waals surface area contributed by atoms with Crippen LogP contribution in [0.4, 0.5) is 0 Å². The average molecular weight is 342 g/mol. The smallest absolute Gasteiger partial charge is 0.312 e. The molecule has 0 aromatic rings. The molecule has 6 heteroatoms. The summed E-state index contributed by atoms with van der Waals surface area (Å²) in [5, 5.41) is 0. The molecule has 0 aromatic heterocycles. The summed E-state index contributed by atoms with van der Waals surface area (Å²) in [5.41, 5.74) is -1.73. The van der Waals surface area contributed by atoms with E-state index in [9.17, 15) is 9.59 Å². The first-order chi connectivity index (χ1) is 11.3. The van der Waals surface area contributed by atoms with Crippen LogP contribution in [-0.2, 0) is 28.5 Å². The van der Waals surface area contributed by atoms with Crippen molar-refractivity contribution in [2.45, 2.75) is 77.1 Å². The van der Waals surface area contributed by atoms with Gasteiger partial charge in [-0.15, -0.1) is 0 Å². The predicted molar refractivity (Wildman–Crippen MR) is 87.2 cm³/mol. The molecule has 1 aliphatic heterocycles. The van der Waals surface area contributed by atoms with Crippen molar-refractivity contribution in [2.75, 3.05) is 20.3 Å². The third-order valence-electron chi connectivity index (χ3n) is 5.25. The lowest BCUT2D eigenvalue weighted by atomic mass is 9.89. The molecule has 1 saturated carbocycles. The molecule has 6 nitrogen and oxygen atoms in total. The summed E-state index contributed by atoms with van der Waals surface area (Å²) in [7, 11) is 1.32. The zero-order valence-electron chi connectivity index (χ0n) is 15.3. The minimum atomic E-state index is -1.11. The van der Waals surface area contributed by atoms with E-state index in [2.05, 4.69) is 0 Å². The van der Waals surface area contributed by atoms with E-state index in [1.165, 1.54) is 13.5 Å². The Morgan fingerprint density at radius 2 is 1.67 bits per heavy atom. The highest BCUT2D eigenvalue weighted by Crippen LogP contribution is 2.39. The first kappa shape index (κ1) is 19.2. The van der Waals surface area contributed by atoms with Crippen LogP contribution in [0.15, 0.2) is 0 Å². The van der Waals surface area contributed by atoms with Crippen molar-refractivity contribution < 1.29 is 28.5 Å². The fraction of sp³-hybridized carbons (Fsp3) is 0.889. The zero-order chi connectivity index (χ0) is 17.8. The summed E-state index contributed by atoms with van der Waals surface area (Å²) in [6, 6.07) is 0. The van der Waals surface area contributed by atoms with Crippen molar-refractivity contribution in [3.8, 4) is 0 Å². The van der Waals surface area contributed by atoms with Gasteiger partial charge < -0.3 is 18.9 Å². The molecule has 2 fully saturated rings. The Balaban J connectivity index is 2.11. The van der Waals surface area contributed by atoms with Crippen LogP contribution in [0, 0.1) is 5.41 Å². The molecule has 24 heavy (non-hydrogen) atoms.